The Morgan fingerprint density at radius 3 is 2.63 bits per heavy atom. The summed E-state index contributed by atoms with van der Waals surface area (Å²) in [6.45, 7) is 2.27. The molecule has 1 heterocycles. The van der Waals surface area contributed by atoms with Crippen LogP contribution in [0.3, 0.4) is 0 Å². The van der Waals surface area contributed by atoms with Crippen LogP contribution >= 0.6 is 0 Å². The second kappa shape index (κ2) is 5.57. The van der Waals surface area contributed by atoms with Crippen LogP contribution in [0.4, 0.5) is 13.2 Å². The molecule has 5 heteroatoms. The summed E-state index contributed by atoms with van der Waals surface area (Å²) in [4.78, 5) is 4.04. The van der Waals surface area contributed by atoms with E-state index in [0.29, 0.717) is 12.1 Å². The molecule has 1 atom stereocenters. The van der Waals surface area contributed by atoms with Gasteiger partial charge >= 0.3 is 6.18 Å². The molecule has 0 amide bonds. The number of benzene rings is 1. The van der Waals surface area contributed by atoms with Gasteiger partial charge in [0.2, 0.25) is 0 Å². The quantitative estimate of drug-likeness (QED) is 0.911. The molecule has 2 aromatic rings. The molecule has 0 bridgehead atoms. The van der Waals surface area contributed by atoms with E-state index in [1.807, 2.05) is 24.3 Å². The fourth-order valence-corrected chi connectivity index (χ4v) is 2.19. The number of rotatable bonds is 4. The summed E-state index contributed by atoms with van der Waals surface area (Å²) in [6.07, 6.45) is -1.92. The molecule has 1 aromatic heterocycles. The highest BCUT2D eigenvalue weighted by Crippen LogP contribution is 2.32. The van der Waals surface area contributed by atoms with Gasteiger partial charge in [0.05, 0.1) is 6.42 Å². The number of pyridine rings is 1. The molecule has 1 aromatic carbocycles. The number of fused-ring (bicyclic) bond motifs is 1. The molecular weight excluding hydrogens is 253 g/mol. The van der Waals surface area contributed by atoms with Crippen LogP contribution in [-0.4, -0.2) is 17.7 Å². The van der Waals surface area contributed by atoms with Crippen LogP contribution in [0.25, 0.3) is 10.8 Å². The van der Waals surface area contributed by atoms with Crippen molar-refractivity contribution in [1.82, 2.24) is 10.3 Å². The van der Waals surface area contributed by atoms with Crippen LogP contribution in [0.15, 0.2) is 36.7 Å². The van der Waals surface area contributed by atoms with E-state index in [4.69, 9.17) is 0 Å². The minimum absolute atomic E-state index is 0.476. The van der Waals surface area contributed by atoms with E-state index in [-0.39, 0.29) is 0 Å². The molecular formula is C14H15F3N2. The Kier molecular flexibility index (Phi) is 4.04. The molecule has 19 heavy (non-hydrogen) atoms. The van der Waals surface area contributed by atoms with Gasteiger partial charge in [-0.25, -0.2) is 0 Å². The van der Waals surface area contributed by atoms with Crippen LogP contribution in [0.2, 0.25) is 0 Å². The smallest absolute Gasteiger partial charge is 0.310 e. The number of nitrogens with zero attached hydrogens (tertiary/aromatic N) is 1. The molecule has 0 saturated heterocycles. The van der Waals surface area contributed by atoms with E-state index < -0.39 is 18.6 Å². The zero-order valence-corrected chi connectivity index (χ0v) is 10.5. The zero-order valence-electron chi connectivity index (χ0n) is 10.5. The summed E-state index contributed by atoms with van der Waals surface area (Å²) >= 11 is 0. The molecule has 1 N–H and O–H groups in total. The molecule has 0 fully saturated rings. The van der Waals surface area contributed by atoms with Crippen molar-refractivity contribution >= 4 is 10.8 Å². The number of nitrogens with one attached hydrogen (secondary N) is 1. The third-order valence-corrected chi connectivity index (χ3v) is 2.96. The summed E-state index contributed by atoms with van der Waals surface area (Å²) in [5, 5.41) is 4.55. The molecule has 0 spiro atoms. The van der Waals surface area contributed by atoms with Crippen molar-refractivity contribution in [3.8, 4) is 0 Å². The maximum absolute atomic E-state index is 12.7. The Balaban J connectivity index is 2.44. The minimum atomic E-state index is -4.20. The fraction of sp³-hybridized carbons (Fsp3) is 0.357. The highest BCUT2D eigenvalue weighted by molar-refractivity contribution is 5.85. The predicted octanol–water partition coefficient (Wildman–Crippen LogP) is 3.84. The molecule has 0 aliphatic rings. The van der Waals surface area contributed by atoms with Crippen molar-refractivity contribution in [3.05, 3.63) is 42.2 Å². The first kappa shape index (κ1) is 13.8. The van der Waals surface area contributed by atoms with Crippen LogP contribution in [-0.2, 0) is 0 Å². The molecule has 0 radical (unpaired) electrons. The molecule has 2 rings (SSSR count). The Morgan fingerprint density at radius 1 is 1.21 bits per heavy atom. The van der Waals surface area contributed by atoms with Crippen molar-refractivity contribution < 1.29 is 13.2 Å². The molecule has 2 nitrogen and oxygen atoms in total. The van der Waals surface area contributed by atoms with E-state index in [1.165, 1.54) is 6.20 Å². The lowest BCUT2D eigenvalue weighted by molar-refractivity contribution is -0.140. The van der Waals surface area contributed by atoms with E-state index in [0.717, 1.165) is 10.8 Å². The normalized spacial score (nSPS) is 13.7. The maximum atomic E-state index is 12.7. The van der Waals surface area contributed by atoms with Crippen molar-refractivity contribution in [3.63, 3.8) is 0 Å². The van der Waals surface area contributed by atoms with Gasteiger partial charge in [-0.15, -0.1) is 0 Å². The predicted molar refractivity (Wildman–Crippen MR) is 68.8 cm³/mol. The topological polar surface area (TPSA) is 24.9 Å². The van der Waals surface area contributed by atoms with Gasteiger partial charge in [-0.3, -0.25) is 4.98 Å². The second-order valence-electron chi connectivity index (χ2n) is 4.38. The summed E-state index contributed by atoms with van der Waals surface area (Å²) in [6, 6.07) is 6.58. The Morgan fingerprint density at radius 2 is 1.95 bits per heavy atom. The van der Waals surface area contributed by atoms with E-state index >= 15 is 0 Å². The summed E-state index contributed by atoms with van der Waals surface area (Å²) in [5.74, 6) is 0. The van der Waals surface area contributed by atoms with Gasteiger partial charge in [-0.05, 0) is 17.5 Å². The SMILES string of the molecule is CCNC(CC(F)(F)F)c1cncc2ccccc12. The standard InChI is InChI=1S/C14H15F3N2/c1-2-19-13(7-14(15,16)17)12-9-18-8-10-5-3-4-6-11(10)12/h3-6,8-9,13,19H,2,7H2,1H3. The first-order chi connectivity index (χ1) is 9.01. The van der Waals surface area contributed by atoms with Crippen molar-refractivity contribution in [2.45, 2.75) is 25.6 Å². The molecule has 0 aliphatic heterocycles. The van der Waals surface area contributed by atoms with Gasteiger partial charge in [0.15, 0.2) is 0 Å². The third kappa shape index (κ3) is 3.44. The minimum Gasteiger partial charge on any atom is -0.310 e. The van der Waals surface area contributed by atoms with Crippen LogP contribution in [0.1, 0.15) is 24.9 Å². The average molecular weight is 268 g/mol. The lowest BCUT2D eigenvalue weighted by atomic mass is 9.99. The first-order valence-corrected chi connectivity index (χ1v) is 6.14. The first-order valence-electron chi connectivity index (χ1n) is 6.14. The summed E-state index contributed by atoms with van der Waals surface area (Å²) in [7, 11) is 0. The van der Waals surface area contributed by atoms with Crippen LogP contribution < -0.4 is 5.32 Å². The van der Waals surface area contributed by atoms with E-state index in [1.54, 1.807) is 13.1 Å². The monoisotopic (exact) mass is 268 g/mol. The fourth-order valence-electron chi connectivity index (χ4n) is 2.19. The Labute approximate surface area is 109 Å². The molecule has 1 unspecified atom stereocenters. The highest BCUT2D eigenvalue weighted by atomic mass is 19.4. The zero-order chi connectivity index (χ0) is 13.9. The molecule has 0 aliphatic carbocycles. The van der Waals surface area contributed by atoms with Gasteiger partial charge in [0.1, 0.15) is 0 Å². The lowest BCUT2D eigenvalue weighted by Gasteiger charge is -2.21. The average Bonchev–Trinajstić information content (AvgIpc) is 2.36. The number of halogens is 3. The van der Waals surface area contributed by atoms with Crippen LogP contribution in [0.5, 0.6) is 0 Å². The van der Waals surface area contributed by atoms with Crippen molar-refractivity contribution in [2.75, 3.05) is 6.54 Å². The maximum Gasteiger partial charge on any atom is 0.390 e. The molecule has 102 valence electrons. The van der Waals surface area contributed by atoms with Crippen molar-refractivity contribution in [2.24, 2.45) is 0 Å². The Bertz CT molecular complexity index is 546. The number of hydrogen-bond donors (Lipinski definition) is 1. The number of hydrogen-bond acceptors (Lipinski definition) is 2. The summed E-state index contributed by atoms with van der Waals surface area (Å²) < 4.78 is 38.0. The third-order valence-electron chi connectivity index (χ3n) is 2.96. The van der Waals surface area contributed by atoms with Crippen LogP contribution in [0, 0.1) is 0 Å². The number of alkyl halides is 3. The van der Waals surface area contributed by atoms with Gasteiger partial charge in [-0.2, -0.15) is 13.2 Å². The van der Waals surface area contributed by atoms with Gasteiger partial charge in [0, 0.05) is 23.8 Å². The largest absolute Gasteiger partial charge is 0.390 e. The number of aromatic nitrogens is 1. The van der Waals surface area contributed by atoms with E-state index in [2.05, 4.69) is 10.3 Å². The summed E-state index contributed by atoms with van der Waals surface area (Å²) in [5.41, 5.74) is 0.595. The van der Waals surface area contributed by atoms with Gasteiger partial charge in [0.25, 0.3) is 0 Å². The highest BCUT2D eigenvalue weighted by Gasteiger charge is 2.32. The Hall–Kier alpha value is -1.62. The van der Waals surface area contributed by atoms with Gasteiger partial charge in [-0.1, -0.05) is 31.2 Å². The van der Waals surface area contributed by atoms with Crippen molar-refractivity contribution in [1.29, 1.82) is 0 Å². The molecule has 0 saturated carbocycles. The second-order valence-corrected chi connectivity index (χ2v) is 4.38. The lowest BCUT2D eigenvalue weighted by Crippen LogP contribution is -2.26. The van der Waals surface area contributed by atoms with Gasteiger partial charge < -0.3 is 5.32 Å². The van der Waals surface area contributed by atoms with E-state index in [9.17, 15) is 13.2 Å².